The Balaban J connectivity index is 2.42. The van der Waals surface area contributed by atoms with Crippen LogP contribution in [0.15, 0.2) is 47.4 Å². The summed E-state index contributed by atoms with van der Waals surface area (Å²) in [4.78, 5) is 9.88. The summed E-state index contributed by atoms with van der Waals surface area (Å²) in [6.45, 7) is 1.56. The van der Waals surface area contributed by atoms with Gasteiger partial charge in [0, 0.05) is 6.07 Å². The van der Waals surface area contributed by atoms with E-state index < -0.39 is 15.0 Å². The molecule has 2 rings (SSSR count). The molecule has 0 heterocycles. The SMILES string of the molecule is Cc1ccc(C#N)cc1S(=O)(=O)Oc1cccc([N+](=O)[O-])c1. The lowest BCUT2D eigenvalue weighted by molar-refractivity contribution is -0.384. The molecule has 0 amide bonds. The molecule has 0 N–H and O–H groups in total. The van der Waals surface area contributed by atoms with Gasteiger partial charge in [0.1, 0.15) is 10.6 Å². The second-order valence-electron chi connectivity index (χ2n) is 4.38. The average molecular weight is 318 g/mol. The molecule has 7 nitrogen and oxygen atoms in total. The van der Waals surface area contributed by atoms with Crippen LogP contribution in [0.5, 0.6) is 5.75 Å². The van der Waals surface area contributed by atoms with Gasteiger partial charge in [-0.15, -0.1) is 0 Å². The van der Waals surface area contributed by atoms with Crippen molar-refractivity contribution in [3.05, 3.63) is 63.7 Å². The van der Waals surface area contributed by atoms with Gasteiger partial charge in [-0.2, -0.15) is 13.7 Å². The van der Waals surface area contributed by atoms with Gasteiger partial charge in [0.25, 0.3) is 5.69 Å². The number of benzene rings is 2. The molecule has 22 heavy (non-hydrogen) atoms. The van der Waals surface area contributed by atoms with Gasteiger partial charge in [-0.1, -0.05) is 12.1 Å². The number of non-ortho nitro benzene ring substituents is 1. The molecular formula is C14H10N2O5S. The molecule has 0 radical (unpaired) electrons. The Morgan fingerprint density at radius 3 is 2.59 bits per heavy atom. The van der Waals surface area contributed by atoms with Crippen molar-refractivity contribution in [1.82, 2.24) is 0 Å². The Bertz CT molecular complexity index is 884. The third-order valence-electron chi connectivity index (χ3n) is 2.82. The first-order valence-electron chi connectivity index (χ1n) is 6.03. The van der Waals surface area contributed by atoms with Crippen molar-refractivity contribution in [1.29, 1.82) is 5.26 Å². The zero-order chi connectivity index (χ0) is 16.3. The Morgan fingerprint density at radius 2 is 1.95 bits per heavy atom. The van der Waals surface area contributed by atoms with Crippen LogP contribution in [0.2, 0.25) is 0 Å². The Kier molecular flexibility index (Phi) is 4.10. The zero-order valence-corrected chi connectivity index (χ0v) is 12.2. The molecule has 0 saturated carbocycles. The molecule has 0 aliphatic carbocycles. The number of rotatable bonds is 4. The van der Waals surface area contributed by atoms with Gasteiger partial charge >= 0.3 is 10.1 Å². The summed E-state index contributed by atoms with van der Waals surface area (Å²) >= 11 is 0. The Morgan fingerprint density at radius 1 is 1.23 bits per heavy atom. The monoisotopic (exact) mass is 318 g/mol. The number of hydrogen-bond donors (Lipinski definition) is 0. The van der Waals surface area contributed by atoms with E-state index >= 15 is 0 Å². The van der Waals surface area contributed by atoms with E-state index in [1.165, 1.54) is 36.4 Å². The summed E-state index contributed by atoms with van der Waals surface area (Å²) in [7, 11) is -4.19. The average Bonchev–Trinajstić information content (AvgIpc) is 2.47. The van der Waals surface area contributed by atoms with E-state index in [1.807, 2.05) is 6.07 Å². The highest BCUT2D eigenvalue weighted by molar-refractivity contribution is 7.87. The highest BCUT2D eigenvalue weighted by atomic mass is 32.2. The Hall–Kier alpha value is -2.92. The normalized spacial score (nSPS) is 10.7. The molecule has 0 spiro atoms. The van der Waals surface area contributed by atoms with Gasteiger partial charge in [-0.05, 0) is 30.7 Å². The van der Waals surface area contributed by atoms with E-state index in [1.54, 1.807) is 6.92 Å². The molecule has 0 fully saturated rings. The van der Waals surface area contributed by atoms with Crippen molar-refractivity contribution in [2.75, 3.05) is 0 Å². The first-order chi connectivity index (χ1) is 10.3. The van der Waals surface area contributed by atoms with Crippen LogP contribution < -0.4 is 4.18 Å². The number of nitrogens with zero attached hydrogens (tertiary/aromatic N) is 2. The van der Waals surface area contributed by atoms with Crippen molar-refractivity contribution in [3.8, 4) is 11.8 Å². The largest absolute Gasteiger partial charge is 0.379 e. The lowest BCUT2D eigenvalue weighted by Gasteiger charge is -2.09. The minimum Gasteiger partial charge on any atom is -0.379 e. The summed E-state index contributed by atoms with van der Waals surface area (Å²) in [6, 6.07) is 10.9. The fourth-order valence-electron chi connectivity index (χ4n) is 1.76. The van der Waals surface area contributed by atoms with Crippen LogP contribution in [0.25, 0.3) is 0 Å². The van der Waals surface area contributed by atoms with Gasteiger partial charge in [0.2, 0.25) is 0 Å². The van der Waals surface area contributed by atoms with Crippen molar-refractivity contribution in [3.63, 3.8) is 0 Å². The third-order valence-corrected chi connectivity index (χ3v) is 4.21. The van der Waals surface area contributed by atoms with Crippen LogP contribution in [0.1, 0.15) is 11.1 Å². The van der Waals surface area contributed by atoms with Crippen molar-refractivity contribution < 1.29 is 17.5 Å². The minimum absolute atomic E-state index is 0.155. The molecule has 112 valence electrons. The van der Waals surface area contributed by atoms with Gasteiger partial charge in [0.05, 0.1) is 22.6 Å². The maximum absolute atomic E-state index is 12.3. The maximum Gasteiger partial charge on any atom is 0.339 e. The lowest BCUT2D eigenvalue weighted by atomic mass is 10.2. The molecular weight excluding hydrogens is 308 g/mol. The highest BCUT2D eigenvalue weighted by Gasteiger charge is 2.21. The zero-order valence-electron chi connectivity index (χ0n) is 11.4. The van der Waals surface area contributed by atoms with Crippen molar-refractivity contribution >= 4 is 15.8 Å². The standard InChI is InChI=1S/C14H10N2O5S/c1-10-5-6-11(9-15)7-14(10)22(19,20)21-13-4-2-3-12(8-13)16(17)18/h2-8H,1H3. The predicted octanol–water partition coefficient (Wildman–Crippen LogP) is 2.54. The maximum atomic E-state index is 12.3. The van der Waals surface area contributed by atoms with Gasteiger partial charge in [-0.3, -0.25) is 10.1 Å². The lowest BCUT2D eigenvalue weighted by Crippen LogP contribution is -2.11. The fourth-order valence-corrected chi connectivity index (χ4v) is 2.94. The van der Waals surface area contributed by atoms with E-state index in [0.29, 0.717) is 5.56 Å². The summed E-state index contributed by atoms with van der Waals surface area (Å²) < 4.78 is 29.5. The molecule has 2 aromatic rings. The van der Waals surface area contributed by atoms with E-state index in [2.05, 4.69) is 0 Å². The second kappa shape index (κ2) is 5.83. The molecule has 8 heteroatoms. The topological polar surface area (TPSA) is 110 Å². The van der Waals surface area contributed by atoms with Gasteiger partial charge in [-0.25, -0.2) is 0 Å². The molecule has 0 aromatic heterocycles. The fraction of sp³-hybridized carbons (Fsp3) is 0.0714. The minimum atomic E-state index is -4.19. The quantitative estimate of drug-likeness (QED) is 0.486. The number of nitriles is 1. The number of nitro benzene ring substituents is 1. The van der Waals surface area contributed by atoms with Crippen LogP contribution in [-0.4, -0.2) is 13.3 Å². The van der Waals surface area contributed by atoms with Crippen LogP contribution in [0.3, 0.4) is 0 Å². The Labute approximate surface area is 126 Å². The predicted molar refractivity (Wildman–Crippen MR) is 76.8 cm³/mol. The van der Waals surface area contributed by atoms with Crippen LogP contribution in [-0.2, 0) is 10.1 Å². The second-order valence-corrected chi connectivity index (χ2v) is 5.90. The van der Waals surface area contributed by atoms with Crippen molar-refractivity contribution in [2.24, 2.45) is 0 Å². The molecule has 0 aliphatic heterocycles. The van der Waals surface area contributed by atoms with E-state index in [-0.39, 0.29) is 21.9 Å². The van der Waals surface area contributed by atoms with Gasteiger partial charge in [0.15, 0.2) is 0 Å². The number of hydrogen-bond acceptors (Lipinski definition) is 6. The van der Waals surface area contributed by atoms with Gasteiger partial charge < -0.3 is 4.18 Å². The van der Waals surface area contributed by atoms with Crippen LogP contribution in [0, 0.1) is 28.4 Å². The molecule has 0 unspecified atom stereocenters. The summed E-state index contributed by atoms with van der Waals surface area (Å²) in [5, 5.41) is 19.5. The van der Waals surface area contributed by atoms with E-state index in [4.69, 9.17) is 9.44 Å². The molecule has 2 aromatic carbocycles. The number of aryl methyl sites for hydroxylation is 1. The van der Waals surface area contributed by atoms with E-state index in [0.717, 1.165) is 6.07 Å². The molecule has 0 bridgehead atoms. The third kappa shape index (κ3) is 3.21. The van der Waals surface area contributed by atoms with E-state index in [9.17, 15) is 18.5 Å². The number of nitro groups is 1. The summed E-state index contributed by atoms with van der Waals surface area (Å²) in [5.74, 6) is -0.170. The van der Waals surface area contributed by atoms with Crippen molar-refractivity contribution in [2.45, 2.75) is 11.8 Å². The van der Waals surface area contributed by atoms with Crippen LogP contribution >= 0.6 is 0 Å². The smallest absolute Gasteiger partial charge is 0.339 e. The first-order valence-corrected chi connectivity index (χ1v) is 7.44. The first kappa shape index (κ1) is 15.5. The summed E-state index contributed by atoms with van der Waals surface area (Å²) in [6.07, 6.45) is 0. The highest BCUT2D eigenvalue weighted by Crippen LogP contribution is 2.25. The summed E-state index contributed by atoms with van der Waals surface area (Å²) in [5.41, 5.74) is 0.298. The van der Waals surface area contributed by atoms with Crippen LogP contribution in [0.4, 0.5) is 5.69 Å². The molecule has 0 aliphatic rings. The molecule has 0 atom stereocenters. The molecule has 0 saturated heterocycles.